The molecule has 0 spiro atoms. The van der Waals surface area contributed by atoms with Gasteiger partial charge in [0.1, 0.15) is 5.60 Å². The number of hydrogen-bond donors (Lipinski definition) is 1. The van der Waals surface area contributed by atoms with Gasteiger partial charge < -0.3 is 19.5 Å². The molecule has 1 aliphatic carbocycles. The number of amides is 1. The molecule has 0 aromatic carbocycles. The summed E-state index contributed by atoms with van der Waals surface area (Å²) in [6.07, 6.45) is 0.957. The van der Waals surface area contributed by atoms with Gasteiger partial charge in [-0.3, -0.25) is 4.79 Å². The molecule has 0 aromatic rings. The average molecular weight is 285 g/mol. The van der Waals surface area contributed by atoms with Crippen LogP contribution in [0.3, 0.4) is 0 Å². The number of carbonyl (C=O) groups is 2. The van der Waals surface area contributed by atoms with Crippen molar-refractivity contribution in [3.8, 4) is 0 Å². The minimum Gasteiger partial charge on any atom is -0.469 e. The van der Waals surface area contributed by atoms with Gasteiger partial charge in [-0.25, -0.2) is 4.79 Å². The molecular formula is C14H23NO5. The van der Waals surface area contributed by atoms with E-state index in [4.69, 9.17) is 14.2 Å². The van der Waals surface area contributed by atoms with Crippen LogP contribution in [0.15, 0.2) is 0 Å². The summed E-state index contributed by atoms with van der Waals surface area (Å²) in [6.45, 7) is 6.89. The Morgan fingerprint density at radius 2 is 1.90 bits per heavy atom. The number of rotatable bonds is 3. The van der Waals surface area contributed by atoms with Gasteiger partial charge in [-0.15, -0.1) is 0 Å². The first kappa shape index (κ1) is 15.1. The lowest BCUT2D eigenvalue weighted by Crippen LogP contribution is -2.63. The number of methoxy groups -OCH3 is 1. The zero-order chi connectivity index (χ0) is 15.0. The van der Waals surface area contributed by atoms with Gasteiger partial charge in [0.25, 0.3) is 0 Å². The molecule has 1 N–H and O–H groups in total. The van der Waals surface area contributed by atoms with Crippen LogP contribution in [0, 0.1) is 10.8 Å². The van der Waals surface area contributed by atoms with Gasteiger partial charge in [0, 0.05) is 12.0 Å². The normalized spacial score (nSPS) is 32.0. The van der Waals surface area contributed by atoms with Crippen molar-refractivity contribution in [3.05, 3.63) is 0 Å². The fraction of sp³-hybridized carbons (Fsp3) is 0.857. The maximum absolute atomic E-state index is 11.8. The maximum Gasteiger partial charge on any atom is 0.407 e. The largest absolute Gasteiger partial charge is 0.469 e. The lowest BCUT2D eigenvalue weighted by atomic mass is 9.51. The van der Waals surface area contributed by atoms with Crippen molar-refractivity contribution in [1.29, 1.82) is 0 Å². The summed E-state index contributed by atoms with van der Waals surface area (Å²) in [5.74, 6) is -0.218. The predicted octanol–water partition coefficient (Wildman–Crippen LogP) is 1.48. The number of nitrogens with one attached hydrogen (secondary N) is 1. The molecule has 0 radical (unpaired) electrons. The van der Waals surface area contributed by atoms with Crippen LogP contribution in [0.2, 0.25) is 0 Å². The number of carbonyl (C=O) groups excluding carboxylic acids is 2. The van der Waals surface area contributed by atoms with E-state index in [1.54, 1.807) is 0 Å². The lowest BCUT2D eigenvalue weighted by Gasteiger charge is -2.58. The molecule has 1 amide bonds. The van der Waals surface area contributed by atoms with Crippen LogP contribution < -0.4 is 5.32 Å². The second-order valence-corrected chi connectivity index (χ2v) is 6.97. The van der Waals surface area contributed by atoms with Gasteiger partial charge in [0.05, 0.1) is 25.7 Å². The van der Waals surface area contributed by atoms with Crippen LogP contribution in [-0.2, 0) is 19.0 Å². The Bertz CT molecular complexity index is 406. The average Bonchev–Trinajstić information content (AvgIpc) is 2.33. The Balaban J connectivity index is 1.86. The zero-order valence-corrected chi connectivity index (χ0v) is 12.6. The molecular weight excluding hydrogens is 262 g/mol. The van der Waals surface area contributed by atoms with Crippen molar-refractivity contribution in [2.45, 2.75) is 39.2 Å². The smallest absolute Gasteiger partial charge is 0.407 e. The number of fused-ring (bicyclic) bond motifs is 2. The molecule has 20 heavy (non-hydrogen) atoms. The van der Waals surface area contributed by atoms with Crippen molar-refractivity contribution in [3.63, 3.8) is 0 Å². The first-order valence-electron chi connectivity index (χ1n) is 6.83. The molecule has 2 saturated heterocycles. The molecule has 2 aliphatic heterocycles. The van der Waals surface area contributed by atoms with E-state index >= 15 is 0 Å². The second-order valence-electron chi connectivity index (χ2n) is 6.97. The van der Waals surface area contributed by atoms with Gasteiger partial charge in [-0.1, -0.05) is 0 Å². The SMILES string of the molecule is COC(=O)C12COCC(CNC(=O)OC(C)(C)C)(C1)C2. The summed E-state index contributed by atoms with van der Waals surface area (Å²) < 4.78 is 15.5. The summed E-state index contributed by atoms with van der Waals surface area (Å²) in [5, 5.41) is 2.77. The van der Waals surface area contributed by atoms with Crippen molar-refractivity contribution in [1.82, 2.24) is 5.32 Å². The highest BCUT2D eigenvalue weighted by Crippen LogP contribution is 2.58. The van der Waals surface area contributed by atoms with Gasteiger partial charge in [-0.05, 0) is 33.6 Å². The number of ether oxygens (including phenoxy) is 3. The van der Waals surface area contributed by atoms with Crippen LogP contribution in [0.4, 0.5) is 4.79 Å². The lowest BCUT2D eigenvalue weighted by molar-refractivity contribution is -0.213. The van der Waals surface area contributed by atoms with Crippen LogP contribution >= 0.6 is 0 Å². The molecule has 3 rings (SSSR count). The quantitative estimate of drug-likeness (QED) is 0.795. The van der Waals surface area contributed by atoms with Gasteiger partial charge in [-0.2, -0.15) is 0 Å². The van der Waals surface area contributed by atoms with Crippen LogP contribution in [0.5, 0.6) is 0 Å². The zero-order valence-electron chi connectivity index (χ0n) is 12.6. The first-order chi connectivity index (χ1) is 9.20. The van der Waals surface area contributed by atoms with Gasteiger partial charge in [0.15, 0.2) is 0 Å². The second kappa shape index (κ2) is 4.91. The van der Waals surface area contributed by atoms with Crippen molar-refractivity contribution >= 4 is 12.1 Å². The van der Waals surface area contributed by atoms with Crippen LogP contribution in [-0.4, -0.2) is 44.5 Å². The standard InChI is InChI=1S/C14H23NO5/c1-12(2,3)20-11(17)15-7-13-5-14(6-13,9-19-8-13)10(16)18-4/h5-9H2,1-4H3,(H,15,17). The summed E-state index contributed by atoms with van der Waals surface area (Å²) in [6, 6.07) is 0. The number of alkyl carbamates (subject to hydrolysis) is 1. The summed E-state index contributed by atoms with van der Waals surface area (Å²) in [4.78, 5) is 23.4. The van der Waals surface area contributed by atoms with E-state index in [0.29, 0.717) is 32.6 Å². The minimum atomic E-state index is -0.514. The highest BCUT2D eigenvalue weighted by molar-refractivity contribution is 5.79. The first-order valence-corrected chi connectivity index (χ1v) is 6.83. The molecule has 0 atom stereocenters. The Morgan fingerprint density at radius 3 is 2.45 bits per heavy atom. The van der Waals surface area contributed by atoms with E-state index in [-0.39, 0.29) is 11.4 Å². The highest BCUT2D eigenvalue weighted by Gasteiger charge is 2.62. The van der Waals surface area contributed by atoms with Crippen molar-refractivity contribution < 1.29 is 23.8 Å². The van der Waals surface area contributed by atoms with Crippen LogP contribution in [0.1, 0.15) is 33.6 Å². The van der Waals surface area contributed by atoms with E-state index < -0.39 is 17.1 Å². The van der Waals surface area contributed by atoms with E-state index in [0.717, 1.165) is 0 Å². The number of hydrogen-bond acceptors (Lipinski definition) is 5. The maximum atomic E-state index is 11.8. The molecule has 6 nitrogen and oxygen atoms in total. The third-order valence-corrected chi connectivity index (χ3v) is 3.84. The number of esters is 1. The van der Waals surface area contributed by atoms with E-state index in [1.165, 1.54) is 7.11 Å². The van der Waals surface area contributed by atoms with E-state index in [9.17, 15) is 9.59 Å². The topological polar surface area (TPSA) is 73.9 Å². The van der Waals surface area contributed by atoms with Crippen molar-refractivity contribution in [2.75, 3.05) is 26.9 Å². The predicted molar refractivity (Wildman–Crippen MR) is 71.2 cm³/mol. The summed E-state index contributed by atoms with van der Waals surface area (Å²) in [7, 11) is 1.39. The van der Waals surface area contributed by atoms with Gasteiger partial charge in [0.2, 0.25) is 0 Å². The third kappa shape index (κ3) is 2.90. The fourth-order valence-electron chi connectivity index (χ4n) is 3.22. The molecule has 3 aliphatic rings. The van der Waals surface area contributed by atoms with E-state index in [2.05, 4.69) is 5.32 Å². The minimum absolute atomic E-state index is 0.163. The monoisotopic (exact) mass is 285 g/mol. The molecule has 0 aromatic heterocycles. The molecule has 2 bridgehead atoms. The Morgan fingerprint density at radius 1 is 1.25 bits per heavy atom. The van der Waals surface area contributed by atoms with E-state index in [1.807, 2.05) is 20.8 Å². The molecule has 3 fully saturated rings. The molecule has 2 heterocycles. The molecule has 1 saturated carbocycles. The Kier molecular flexibility index (Phi) is 3.71. The fourth-order valence-corrected chi connectivity index (χ4v) is 3.22. The van der Waals surface area contributed by atoms with Gasteiger partial charge >= 0.3 is 12.1 Å². The highest BCUT2D eigenvalue weighted by atomic mass is 16.6. The third-order valence-electron chi connectivity index (χ3n) is 3.84. The summed E-state index contributed by atoms with van der Waals surface area (Å²) >= 11 is 0. The molecule has 114 valence electrons. The molecule has 0 unspecified atom stereocenters. The Labute approximate surface area is 119 Å². The summed E-state index contributed by atoms with van der Waals surface area (Å²) in [5.41, 5.74) is -1.19. The molecule has 6 heteroatoms. The van der Waals surface area contributed by atoms with Crippen molar-refractivity contribution in [2.24, 2.45) is 10.8 Å². The van der Waals surface area contributed by atoms with Crippen LogP contribution in [0.25, 0.3) is 0 Å². The Hall–Kier alpha value is -1.30.